The van der Waals surface area contributed by atoms with E-state index in [0.29, 0.717) is 10.9 Å². The smallest absolute Gasteiger partial charge is 0.261 e. The lowest BCUT2D eigenvalue weighted by Gasteiger charge is -2.18. The Hall–Kier alpha value is -2.62. The fourth-order valence-corrected chi connectivity index (χ4v) is 8.04. The van der Waals surface area contributed by atoms with E-state index in [1.807, 2.05) is 20.8 Å². The molecule has 170 valence electrons. The van der Waals surface area contributed by atoms with Crippen LogP contribution >= 0.6 is 23.1 Å². The van der Waals surface area contributed by atoms with Gasteiger partial charge in [0.05, 0.1) is 9.10 Å². The second-order valence-corrected chi connectivity index (χ2v) is 12.8. The number of nitrogens with one attached hydrogen (secondary N) is 1. The van der Waals surface area contributed by atoms with Gasteiger partial charge in [-0.3, -0.25) is 9.29 Å². The molecule has 33 heavy (non-hydrogen) atoms. The zero-order valence-electron chi connectivity index (χ0n) is 18.5. The summed E-state index contributed by atoms with van der Waals surface area (Å²) in [5, 5.41) is 0.316. The Morgan fingerprint density at radius 3 is 2.30 bits per heavy atom. The van der Waals surface area contributed by atoms with Gasteiger partial charge in [-0.15, -0.1) is 23.1 Å². The molecule has 0 bridgehead atoms. The number of aromatic nitrogens is 2. The highest BCUT2D eigenvalue weighted by molar-refractivity contribution is 8.01. The summed E-state index contributed by atoms with van der Waals surface area (Å²) in [6, 6.07) is 15.0. The molecule has 2 aromatic carbocycles. The van der Waals surface area contributed by atoms with Crippen LogP contribution in [0.15, 0.2) is 62.4 Å². The molecule has 3 aliphatic rings. The van der Waals surface area contributed by atoms with E-state index in [-0.39, 0.29) is 10.7 Å². The van der Waals surface area contributed by atoms with Crippen LogP contribution in [0.25, 0.3) is 5.69 Å². The quantitative estimate of drug-likeness (QED) is 0.432. The maximum atomic E-state index is 13.1. The van der Waals surface area contributed by atoms with E-state index in [1.54, 1.807) is 47.4 Å². The lowest BCUT2D eigenvalue weighted by molar-refractivity contribution is 0.601. The minimum atomic E-state index is -3.89. The normalized spacial score (nSPS) is 14.0. The second kappa shape index (κ2) is 8.30. The minimum Gasteiger partial charge on any atom is -0.261 e. The zero-order chi connectivity index (χ0) is 23.3. The molecule has 0 fully saturated rings. The molecule has 6 nitrogen and oxygen atoms in total. The number of benzene rings is 2. The first-order chi connectivity index (χ1) is 15.7. The van der Waals surface area contributed by atoms with E-state index in [4.69, 9.17) is 0 Å². The molecule has 0 unspecified atom stereocenters. The summed E-state index contributed by atoms with van der Waals surface area (Å²) in [6.07, 6.45) is 1.88. The highest BCUT2D eigenvalue weighted by atomic mass is 32.2. The van der Waals surface area contributed by atoms with Crippen LogP contribution in [0, 0.1) is 20.8 Å². The maximum Gasteiger partial charge on any atom is 0.354 e. The third kappa shape index (κ3) is 4.09. The van der Waals surface area contributed by atoms with E-state index in [2.05, 4.69) is 34.0 Å². The molecule has 1 aliphatic carbocycles. The zero-order valence-corrected chi connectivity index (χ0v) is 20.9. The standard InChI is InChI=1S/C24H23N3O3S3/c1-14-8-10-20(11-9-14)33(29,30)26-22-21-23(31-16(3)15(2)27(21)24(28)25-22)32-19-12-17-6-4-5-7-18(17)13-19/h4-11,19H,12-13H2,1-3H3,(H,25,26,28). The van der Waals surface area contributed by atoms with E-state index in [1.165, 1.54) is 15.7 Å². The SMILES string of the molecule is Cc1ccc(S(=O)(=O)Nc2nc(=O)n3c(C)c(C)sc(SC4Cc5ccccc5C4)c2-3)cc1. The van der Waals surface area contributed by atoms with Crippen molar-refractivity contribution < 1.29 is 8.42 Å². The first-order valence-corrected chi connectivity index (χ1v) is 13.8. The van der Waals surface area contributed by atoms with Crippen molar-refractivity contribution in [2.24, 2.45) is 0 Å². The van der Waals surface area contributed by atoms with Gasteiger partial charge < -0.3 is 0 Å². The van der Waals surface area contributed by atoms with Crippen molar-refractivity contribution >= 4 is 38.9 Å². The van der Waals surface area contributed by atoms with Gasteiger partial charge in [0, 0.05) is 15.8 Å². The molecule has 0 aromatic heterocycles. The van der Waals surface area contributed by atoms with Crippen molar-refractivity contribution in [2.75, 3.05) is 4.72 Å². The number of fused-ring (bicyclic) bond motifs is 2. The largest absolute Gasteiger partial charge is 0.354 e. The molecule has 0 saturated carbocycles. The summed E-state index contributed by atoms with van der Waals surface area (Å²) in [5.74, 6) is 0.0814. The molecular formula is C24H23N3O3S3. The van der Waals surface area contributed by atoms with Crippen molar-refractivity contribution in [1.82, 2.24) is 9.55 Å². The number of thioether (sulfide) groups is 1. The molecule has 0 saturated heterocycles. The third-order valence-corrected chi connectivity index (χ3v) is 9.93. The van der Waals surface area contributed by atoms with E-state index in [9.17, 15) is 13.2 Å². The Balaban J connectivity index is 1.55. The lowest BCUT2D eigenvalue weighted by atomic mass is 10.1. The van der Waals surface area contributed by atoms with Crippen LogP contribution in [0.2, 0.25) is 0 Å². The van der Waals surface area contributed by atoms with Gasteiger partial charge in [0.2, 0.25) is 0 Å². The van der Waals surface area contributed by atoms with Crippen molar-refractivity contribution in [3.63, 3.8) is 0 Å². The molecule has 0 amide bonds. The first kappa shape index (κ1) is 22.2. The van der Waals surface area contributed by atoms with E-state index < -0.39 is 15.7 Å². The fraction of sp³-hybridized carbons (Fsp3) is 0.250. The van der Waals surface area contributed by atoms with Gasteiger partial charge in [-0.25, -0.2) is 13.2 Å². The molecule has 9 heteroatoms. The monoisotopic (exact) mass is 497 g/mol. The molecule has 5 rings (SSSR count). The summed E-state index contributed by atoms with van der Waals surface area (Å²) in [5.41, 5.74) is 4.48. The van der Waals surface area contributed by atoms with Crippen molar-refractivity contribution in [2.45, 2.75) is 48.0 Å². The number of hydrogen-bond donors (Lipinski definition) is 1. The van der Waals surface area contributed by atoms with E-state index in [0.717, 1.165) is 33.2 Å². The van der Waals surface area contributed by atoms with Gasteiger partial charge >= 0.3 is 5.69 Å². The van der Waals surface area contributed by atoms with Crippen LogP contribution < -0.4 is 10.4 Å². The average Bonchev–Trinajstić information content (AvgIpc) is 3.32. The molecule has 2 heterocycles. The molecule has 0 atom stereocenters. The Bertz CT molecular complexity index is 1460. The predicted octanol–water partition coefficient (Wildman–Crippen LogP) is 4.72. The number of sulfonamides is 1. The molecule has 1 N–H and O–H groups in total. The van der Waals surface area contributed by atoms with Gasteiger partial charge in [0.25, 0.3) is 10.0 Å². The van der Waals surface area contributed by atoms with Crippen LogP contribution in [0.3, 0.4) is 0 Å². The van der Waals surface area contributed by atoms with Gasteiger partial charge in [-0.05, 0) is 56.9 Å². The third-order valence-electron chi connectivity index (χ3n) is 5.98. The molecular weight excluding hydrogens is 474 g/mol. The molecule has 0 spiro atoms. The Morgan fingerprint density at radius 2 is 1.67 bits per heavy atom. The number of imidazole rings is 1. The number of nitrogens with zero attached hydrogens (tertiary/aromatic N) is 2. The van der Waals surface area contributed by atoms with Crippen LogP contribution in [0.5, 0.6) is 0 Å². The summed E-state index contributed by atoms with van der Waals surface area (Å²) in [6.45, 7) is 5.73. The maximum absolute atomic E-state index is 13.1. The van der Waals surface area contributed by atoms with E-state index >= 15 is 0 Å². The summed E-state index contributed by atoms with van der Waals surface area (Å²) >= 11 is 3.27. The van der Waals surface area contributed by atoms with Crippen molar-refractivity contribution in [1.29, 1.82) is 0 Å². The number of rotatable bonds is 5. The fourth-order valence-electron chi connectivity index (χ4n) is 4.13. The van der Waals surface area contributed by atoms with Crippen LogP contribution in [0.1, 0.15) is 27.3 Å². The van der Waals surface area contributed by atoms with Crippen LogP contribution in [-0.2, 0) is 22.9 Å². The van der Waals surface area contributed by atoms with Crippen molar-refractivity contribution in [3.8, 4) is 5.69 Å². The number of anilines is 1. The summed E-state index contributed by atoms with van der Waals surface area (Å²) in [4.78, 5) is 18.1. The van der Waals surface area contributed by atoms with Gasteiger partial charge in [0.15, 0.2) is 5.82 Å². The Morgan fingerprint density at radius 1 is 1.03 bits per heavy atom. The Kier molecular flexibility index (Phi) is 5.58. The highest BCUT2D eigenvalue weighted by Crippen LogP contribution is 2.43. The topological polar surface area (TPSA) is 81.1 Å². The lowest BCUT2D eigenvalue weighted by Crippen LogP contribution is -2.18. The molecule has 0 radical (unpaired) electrons. The van der Waals surface area contributed by atoms with Crippen LogP contribution in [0.4, 0.5) is 5.82 Å². The average molecular weight is 498 g/mol. The molecule has 2 aliphatic heterocycles. The minimum absolute atomic E-state index is 0.0814. The first-order valence-electron chi connectivity index (χ1n) is 10.6. The molecule has 2 aromatic rings. The van der Waals surface area contributed by atoms with Gasteiger partial charge in [-0.2, -0.15) is 4.98 Å². The van der Waals surface area contributed by atoms with Gasteiger partial charge in [-0.1, -0.05) is 42.0 Å². The number of hydrogen-bond acceptors (Lipinski definition) is 6. The summed E-state index contributed by atoms with van der Waals surface area (Å²) < 4.78 is 31.1. The second-order valence-electron chi connectivity index (χ2n) is 8.29. The van der Waals surface area contributed by atoms with Crippen molar-refractivity contribution in [3.05, 3.63) is 86.3 Å². The number of aryl methyl sites for hydroxylation is 2. The van der Waals surface area contributed by atoms with Crippen LogP contribution in [-0.4, -0.2) is 23.2 Å². The predicted molar refractivity (Wildman–Crippen MR) is 134 cm³/mol. The highest BCUT2D eigenvalue weighted by Gasteiger charge is 2.30. The summed E-state index contributed by atoms with van der Waals surface area (Å²) in [7, 11) is -3.89. The van der Waals surface area contributed by atoms with Gasteiger partial charge in [0.1, 0.15) is 5.69 Å². The Labute approximate surface area is 201 Å².